The van der Waals surface area contributed by atoms with E-state index in [0.29, 0.717) is 17.0 Å². The van der Waals surface area contributed by atoms with Crippen molar-refractivity contribution in [3.8, 4) is 11.8 Å². The summed E-state index contributed by atoms with van der Waals surface area (Å²) in [6, 6.07) is 13.7. The predicted octanol–water partition coefficient (Wildman–Crippen LogP) is 1.82. The Morgan fingerprint density at radius 2 is 1.90 bits per heavy atom. The van der Waals surface area contributed by atoms with Crippen LogP contribution in [0.25, 0.3) is 0 Å². The lowest BCUT2D eigenvalue weighted by Gasteiger charge is -2.10. The summed E-state index contributed by atoms with van der Waals surface area (Å²) < 4.78 is 5.58. The van der Waals surface area contributed by atoms with Gasteiger partial charge in [-0.2, -0.15) is 5.26 Å². The number of anilines is 1. The third kappa shape index (κ3) is 3.06. The van der Waals surface area contributed by atoms with Gasteiger partial charge in [0.05, 0.1) is 17.2 Å². The molecular weight excluding hydrogens is 254 g/mol. The van der Waals surface area contributed by atoms with Crippen LogP contribution in [0.3, 0.4) is 0 Å². The minimum Gasteiger partial charge on any atom is -0.488 e. The molecule has 0 atom stereocenters. The second-order valence-corrected chi connectivity index (χ2v) is 4.22. The lowest BCUT2D eigenvalue weighted by atomic mass is 10.1. The molecule has 1 amide bonds. The molecule has 2 aromatic rings. The average molecular weight is 267 g/mol. The molecule has 5 heteroatoms. The number of nitrogens with zero attached hydrogens (tertiary/aromatic N) is 1. The quantitative estimate of drug-likeness (QED) is 0.825. The molecule has 0 aliphatic heterocycles. The van der Waals surface area contributed by atoms with Crippen LogP contribution in [-0.2, 0) is 6.61 Å². The number of ether oxygens (including phenoxy) is 1. The van der Waals surface area contributed by atoms with Crippen LogP contribution >= 0.6 is 0 Å². The fourth-order valence-corrected chi connectivity index (χ4v) is 1.70. The summed E-state index contributed by atoms with van der Waals surface area (Å²) in [6.45, 7) is 0.259. The molecule has 0 saturated heterocycles. The summed E-state index contributed by atoms with van der Waals surface area (Å²) in [4.78, 5) is 11.3. The molecule has 0 bridgehead atoms. The molecule has 0 spiro atoms. The minimum atomic E-state index is -0.570. The third-order valence-electron chi connectivity index (χ3n) is 2.75. The van der Waals surface area contributed by atoms with Gasteiger partial charge in [-0.3, -0.25) is 4.79 Å². The van der Waals surface area contributed by atoms with E-state index < -0.39 is 5.91 Å². The van der Waals surface area contributed by atoms with Crippen molar-refractivity contribution in [2.45, 2.75) is 6.61 Å². The Labute approximate surface area is 116 Å². The van der Waals surface area contributed by atoms with Crippen LogP contribution in [-0.4, -0.2) is 5.91 Å². The predicted molar refractivity (Wildman–Crippen MR) is 74.9 cm³/mol. The first-order valence-electron chi connectivity index (χ1n) is 5.91. The van der Waals surface area contributed by atoms with Crippen LogP contribution in [0.4, 0.5) is 5.69 Å². The molecular formula is C15H13N3O2. The summed E-state index contributed by atoms with van der Waals surface area (Å²) in [5, 5.41) is 8.72. The van der Waals surface area contributed by atoms with Gasteiger partial charge in [0, 0.05) is 11.8 Å². The Morgan fingerprint density at radius 3 is 2.50 bits per heavy atom. The van der Waals surface area contributed by atoms with Gasteiger partial charge in [-0.15, -0.1) is 0 Å². The van der Waals surface area contributed by atoms with Crippen LogP contribution in [0, 0.1) is 11.3 Å². The number of hydrogen-bond donors (Lipinski definition) is 2. The summed E-state index contributed by atoms with van der Waals surface area (Å²) in [5.74, 6) is -0.221. The van der Waals surface area contributed by atoms with Gasteiger partial charge in [0.1, 0.15) is 12.4 Å². The summed E-state index contributed by atoms with van der Waals surface area (Å²) in [7, 11) is 0. The molecule has 5 nitrogen and oxygen atoms in total. The van der Waals surface area contributed by atoms with Gasteiger partial charge in [-0.05, 0) is 29.8 Å². The topological polar surface area (TPSA) is 102 Å². The number of primary amides is 1. The largest absolute Gasteiger partial charge is 0.488 e. The van der Waals surface area contributed by atoms with Gasteiger partial charge in [0.25, 0.3) is 5.91 Å². The zero-order valence-corrected chi connectivity index (χ0v) is 10.7. The standard InChI is InChI=1S/C15H13N3O2/c16-8-10-1-3-11(4-2-10)9-20-14-7-12(17)5-6-13(14)15(18)19/h1-7H,9,17H2,(H2,18,19). The summed E-state index contributed by atoms with van der Waals surface area (Å²) in [6.07, 6.45) is 0. The van der Waals surface area contributed by atoms with E-state index in [1.54, 1.807) is 36.4 Å². The molecule has 2 rings (SSSR count). The molecule has 100 valence electrons. The van der Waals surface area contributed by atoms with Gasteiger partial charge < -0.3 is 16.2 Å². The third-order valence-corrected chi connectivity index (χ3v) is 2.75. The van der Waals surface area contributed by atoms with E-state index in [4.69, 9.17) is 21.5 Å². The molecule has 4 N–H and O–H groups in total. The van der Waals surface area contributed by atoms with Crippen molar-refractivity contribution in [2.75, 3.05) is 5.73 Å². The number of carbonyl (C=O) groups is 1. The van der Waals surface area contributed by atoms with Gasteiger partial charge >= 0.3 is 0 Å². The lowest BCUT2D eigenvalue weighted by Crippen LogP contribution is -2.13. The first-order chi connectivity index (χ1) is 9.60. The maximum Gasteiger partial charge on any atom is 0.252 e. The number of carbonyl (C=O) groups excluding carboxylic acids is 1. The molecule has 0 aliphatic rings. The van der Waals surface area contributed by atoms with Crippen molar-refractivity contribution in [3.05, 3.63) is 59.2 Å². The number of amides is 1. The molecule has 0 fully saturated rings. The van der Waals surface area contributed by atoms with Gasteiger partial charge in [-0.25, -0.2) is 0 Å². The number of rotatable bonds is 4. The molecule has 0 aliphatic carbocycles. The fraction of sp³-hybridized carbons (Fsp3) is 0.0667. The van der Waals surface area contributed by atoms with Crippen LogP contribution < -0.4 is 16.2 Å². The molecule has 0 aromatic heterocycles. The van der Waals surface area contributed by atoms with E-state index in [1.807, 2.05) is 6.07 Å². The number of nitrogens with two attached hydrogens (primary N) is 2. The molecule has 0 radical (unpaired) electrons. The van der Waals surface area contributed by atoms with Gasteiger partial charge in [0.2, 0.25) is 0 Å². The van der Waals surface area contributed by atoms with Crippen molar-refractivity contribution in [3.63, 3.8) is 0 Å². The average Bonchev–Trinajstić information content (AvgIpc) is 2.45. The maximum atomic E-state index is 11.3. The molecule has 20 heavy (non-hydrogen) atoms. The highest BCUT2D eigenvalue weighted by atomic mass is 16.5. The van der Waals surface area contributed by atoms with Crippen LogP contribution in [0.5, 0.6) is 5.75 Å². The highest BCUT2D eigenvalue weighted by Crippen LogP contribution is 2.22. The second-order valence-electron chi connectivity index (χ2n) is 4.22. The number of hydrogen-bond acceptors (Lipinski definition) is 4. The van der Waals surface area contributed by atoms with Gasteiger partial charge in [0.15, 0.2) is 0 Å². The zero-order valence-electron chi connectivity index (χ0n) is 10.7. The smallest absolute Gasteiger partial charge is 0.252 e. The Hall–Kier alpha value is -3.00. The zero-order chi connectivity index (χ0) is 14.5. The van der Waals surface area contributed by atoms with Crippen LogP contribution in [0.1, 0.15) is 21.5 Å². The second kappa shape index (κ2) is 5.76. The van der Waals surface area contributed by atoms with E-state index in [1.165, 1.54) is 6.07 Å². The number of nitrogen functional groups attached to an aromatic ring is 1. The van der Waals surface area contributed by atoms with Crippen molar-refractivity contribution in [1.82, 2.24) is 0 Å². The van der Waals surface area contributed by atoms with E-state index >= 15 is 0 Å². The van der Waals surface area contributed by atoms with Gasteiger partial charge in [-0.1, -0.05) is 12.1 Å². The minimum absolute atomic E-state index is 0.259. The van der Waals surface area contributed by atoms with Crippen molar-refractivity contribution in [2.24, 2.45) is 5.73 Å². The summed E-state index contributed by atoms with van der Waals surface area (Å²) >= 11 is 0. The molecule has 2 aromatic carbocycles. The highest BCUT2D eigenvalue weighted by Gasteiger charge is 2.09. The Kier molecular flexibility index (Phi) is 3.87. The van der Waals surface area contributed by atoms with Crippen LogP contribution in [0.2, 0.25) is 0 Å². The molecule has 0 saturated carbocycles. The molecule has 0 unspecified atom stereocenters. The Balaban J connectivity index is 2.15. The summed E-state index contributed by atoms with van der Waals surface area (Å²) in [5.41, 5.74) is 13.2. The first-order valence-corrected chi connectivity index (χ1v) is 5.91. The fourth-order valence-electron chi connectivity index (χ4n) is 1.70. The first kappa shape index (κ1) is 13.4. The van der Waals surface area contributed by atoms with Crippen molar-refractivity contribution >= 4 is 11.6 Å². The SMILES string of the molecule is N#Cc1ccc(COc2cc(N)ccc2C(N)=O)cc1. The normalized spacial score (nSPS) is 9.75. The Bertz CT molecular complexity index is 673. The monoisotopic (exact) mass is 267 g/mol. The number of benzene rings is 2. The van der Waals surface area contributed by atoms with E-state index in [9.17, 15) is 4.79 Å². The maximum absolute atomic E-state index is 11.3. The Morgan fingerprint density at radius 1 is 1.20 bits per heavy atom. The van der Waals surface area contributed by atoms with E-state index in [-0.39, 0.29) is 12.2 Å². The lowest BCUT2D eigenvalue weighted by molar-refractivity contribution is 0.0996. The van der Waals surface area contributed by atoms with E-state index in [0.717, 1.165) is 5.56 Å². The van der Waals surface area contributed by atoms with Crippen LogP contribution in [0.15, 0.2) is 42.5 Å². The van der Waals surface area contributed by atoms with Crippen molar-refractivity contribution in [1.29, 1.82) is 5.26 Å². The highest BCUT2D eigenvalue weighted by molar-refractivity contribution is 5.96. The van der Waals surface area contributed by atoms with Crippen molar-refractivity contribution < 1.29 is 9.53 Å². The molecule has 0 heterocycles. The number of nitriles is 1. The van der Waals surface area contributed by atoms with E-state index in [2.05, 4.69) is 0 Å².